The van der Waals surface area contributed by atoms with Gasteiger partial charge in [-0.15, -0.1) is 0 Å². The second kappa shape index (κ2) is 5.18. The van der Waals surface area contributed by atoms with E-state index in [1.165, 1.54) is 6.07 Å². The molecule has 0 saturated carbocycles. The van der Waals surface area contributed by atoms with Crippen molar-refractivity contribution in [2.45, 2.75) is 12.5 Å². The van der Waals surface area contributed by atoms with Crippen molar-refractivity contribution in [2.75, 3.05) is 12.0 Å². The van der Waals surface area contributed by atoms with Crippen LogP contribution in [0.15, 0.2) is 16.6 Å². The maximum absolute atomic E-state index is 13.4. The zero-order chi connectivity index (χ0) is 14.2. The summed E-state index contributed by atoms with van der Waals surface area (Å²) in [4.78, 5) is 7.15. The van der Waals surface area contributed by atoms with Gasteiger partial charge in [0.25, 0.3) is 0 Å². The molecule has 19 heavy (non-hydrogen) atoms. The molecule has 0 spiro atoms. The van der Waals surface area contributed by atoms with Crippen molar-refractivity contribution < 1.29 is 12.8 Å². The van der Waals surface area contributed by atoms with Crippen LogP contribution in [0, 0.1) is 5.82 Å². The molecule has 2 aromatic rings. The van der Waals surface area contributed by atoms with E-state index in [9.17, 15) is 12.8 Å². The van der Waals surface area contributed by atoms with E-state index in [1.807, 2.05) is 0 Å². The molecule has 2 rings (SSSR count). The van der Waals surface area contributed by atoms with Crippen molar-refractivity contribution in [3.63, 3.8) is 0 Å². The number of benzene rings is 1. The maximum atomic E-state index is 13.4. The number of fused-ring (bicyclic) bond motifs is 1. The van der Waals surface area contributed by atoms with Crippen molar-refractivity contribution in [3.8, 4) is 0 Å². The Balaban J connectivity index is 2.26. The van der Waals surface area contributed by atoms with Gasteiger partial charge in [-0.25, -0.2) is 17.8 Å². The Kier molecular flexibility index (Phi) is 3.93. The Morgan fingerprint density at radius 1 is 1.53 bits per heavy atom. The predicted molar refractivity (Wildman–Crippen MR) is 75.0 cm³/mol. The number of nitrogens with zero attached hydrogens (tertiary/aromatic N) is 1. The molecule has 0 aliphatic carbocycles. The van der Waals surface area contributed by atoms with Crippen LogP contribution in [0.25, 0.3) is 11.0 Å². The van der Waals surface area contributed by atoms with E-state index >= 15 is 0 Å². The molecule has 0 fully saturated rings. The number of halogens is 2. The molecular formula is C11H13BrFN3O2S. The number of sulfone groups is 1. The molecule has 0 aliphatic heterocycles. The summed E-state index contributed by atoms with van der Waals surface area (Å²) in [6.45, 7) is 0. The summed E-state index contributed by atoms with van der Waals surface area (Å²) in [7, 11) is -3.06. The predicted octanol–water partition coefficient (Wildman–Crippen LogP) is 1.90. The third-order valence-electron chi connectivity index (χ3n) is 2.69. The first kappa shape index (κ1) is 14.4. The molecule has 0 aliphatic rings. The maximum Gasteiger partial charge on any atom is 0.147 e. The fraction of sp³-hybridized carbons (Fsp3) is 0.364. The molecule has 0 amide bonds. The van der Waals surface area contributed by atoms with Gasteiger partial charge in [-0.3, -0.25) is 0 Å². The van der Waals surface area contributed by atoms with Crippen LogP contribution in [-0.4, -0.2) is 30.4 Å². The summed E-state index contributed by atoms with van der Waals surface area (Å²) in [5.74, 6) is 0.0482. The van der Waals surface area contributed by atoms with Crippen LogP contribution in [0.4, 0.5) is 4.39 Å². The summed E-state index contributed by atoms with van der Waals surface area (Å²) in [5.41, 5.74) is 6.99. The van der Waals surface area contributed by atoms with Gasteiger partial charge in [0.05, 0.1) is 27.3 Å². The number of nitrogens with one attached hydrogen (secondary N) is 1. The van der Waals surface area contributed by atoms with Crippen molar-refractivity contribution in [1.29, 1.82) is 0 Å². The van der Waals surface area contributed by atoms with Gasteiger partial charge in [0.2, 0.25) is 0 Å². The minimum Gasteiger partial charge on any atom is -0.341 e. The highest BCUT2D eigenvalue weighted by atomic mass is 79.9. The fourth-order valence-electron chi connectivity index (χ4n) is 1.68. The second-order valence-corrected chi connectivity index (χ2v) is 7.54. The third kappa shape index (κ3) is 3.52. The lowest BCUT2D eigenvalue weighted by atomic mass is 10.2. The number of H-pyrrole nitrogens is 1. The number of aromatic amines is 1. The number of hydrogen-bond donors (Lipinski definition) is 2. The topological polar surface area (TPSA) is 88.8 Å². The van der Waals surface area contributed by atoms with Crippen LogP contribution >= 0.6 is 15.9 Å². The number of nitrogens with two attached hydrogens (primary N) is 1. The van der Waals surface area contributed by atoms with Gasteiger partial charge < -0.3 is 10.7 Å². The molecule has 1 unspecified atom stereocenters. The SMILES string of the molecule is CS(=O)(=O)CCC(N)c1nc2cc(Br)c(F)cc2[nH]1. The quantitative estimate of drug-likeness (QED) is 0.882. The van der Waals surface area contributed by atoms with Crippen LogP contribution < -0.4 is 5.73 Å². The Hall–Kier alpha value is -0.990. The van der Waals surface area contributed by atoms with Gasteiger partial charge in [0.1, 0.15) is 21.5 Å². The highest BCUT2D eigenvalue weighted by molar-refractivity contribution is 9.10. The zero-order valence-electron chi connectivity index (χ0n) is 10.2. The summed E-state index contributed by atoms with van der Waals surface area (Å²) in [6, 6.07) is 2.34. The van der Waals surface area contributed by atoms with Crippen LogP contribution in [-0.2, 0) is 9.84 Å². The average molecular weight is 350 g/mol. The highest BCUT2D eigenvalue weighted by Gasteiger charge is 2.15. The molecule has 1 atom stereocenters. The summed E-state index contributed by atoms with van der Waals surface area (Å²) >= 11 is 3.08. The number of rotatable bonds is 4. The molecule has 0 bridgehead atoms. The van der Waals surface area contributed by atoms with E-state index in [0.29, 0.717) is 21.3 Å². The summed E-state index contributed by atoms with van der Waals surface area (Å²) < 4.78 is 35.9. The van der Waals surface area contributed by atoms with Crippen molar-refractivity contribution in [1.82, 2.24) is 9.97 Å². The molecule has 5 nitrogen and oxygen atoms in total. The normalized spacial score (nSPS) is 13.9. The van der Waals surface area contributed by atoms with Crippen molar-refractivity contribution in [2.24, 2.45) is 5.73 Å². The lowest BCUT2D eigenvalue weighted by molar-refractivity contribution is 0.588. The monoisotopic (exact) mass is 349 g/mol. The van der Waals surface area contributed by atoms with E-state index in [4.69, 9.17) is 5.73 Å². The van der Waals surface area contributed by atoms with Gasteiger partial charge in [-0.2, -0.15) is 0 Å². The molecule has 1 aromatic heterocycles. The van der Waals surface area contributed by atoms with Crippen LogP contribution in [0.5, 0.6) is 0 Å². The first-order valence-corrected chi connectivity index (χ1v) is 8.39. The summed E-state index contributed by atoms with van der Waals surface area (Å²) in [5, 5.41) is 0. The second-order valence-electron chi connectivity index (χ2n) is 4.43. The number of hydrogen-bond acceptors (Lipinski definition) is 4. The van der Waals surface area contributed by atoms with Crippen LogP contribution in [0.1, 0.15) is 18.3 Å². The first-order chi connectivity index (χ1) is 8.76. The fourth-order valence-corrected chi connectivity index (χ4v) is 2.69. The van der Waals surface area contributed by atoms with Gasteiger partial charge in [-0.1, -0.05) is 0 Å². The minimum atomic E-state index is -3.06. The summed E-state index contributed by atoms with van der Waals surface area (Å²) in [6.07, 6.45) is 1.42. The molecular weight excluding hydrogens is 337 g/mol. The molecule has 104 valence electrons. The zero-order valence-corrected chi connectivity index (χ0v) is 12.6. The largest absolute Gasteiger partial charge is 0.341 e. The highest BCUT2D eigenvalue weighted by Crippen LogP contribution is 2.23. The van der Waals surface area contributed by atoms with Gasteiger partial charge in [0.15, 0.2) is 0 Å². The number of imidazole rings is 1. The van der Waals surface area contributed by atoms with E-state index in [-0.39, 0.29) is 12.2 Å². The van der Waals surface area contributed by atoms with Crippen LogP contribution in [0.2, 0.25) is 0 Å². The Labute approximate surface area is 118 Å². The first-order valence-electron chi connectivity index (χ1n) is 5.54. The Morgan fingerprint density at radius 2 is 2.21 bits per heavy atom. The smallest absolute Gasteiger partial charge is 0.147 e. The van der Waals surface area contributed by atoms with Gasteiger partial charge in [0, 0.05) is 12.3 Å². The van der Waals surface area contributed by atoms with Crippen molar-refractivity contribution in [3.05, 3.63) is 28.2 Å². The van der Waals surface area contributed by atoms with Gasteiger partial charge >= 0.3 is 0 Å². The van der Waals surface area contributed by atoms with E-state index in [1.54, 1.807) is 6.07 Å². The molecule has 0 saturated heterocycles. The van der Waals surface area contributed by atoms with E-state index < -0.39 is 21.7 Å². The number of aromatic nitrogens is 2. The van der Waals surface area contributed by atoms with Crippen LogP contribution in [0.3, 0.4) is 0 Å². The molecule has 8 heteroatoms. The molecule has 1 aromatic carbocycles. The lowest BCUT2D eigenvalue weighted by Crippen LogP contribution is -2.16. The standard InChI is InChI=1S/C11H13BrFN3O2S/c1-19(17,18)3-2-8(14)11-15-9-4-6(12)7(13)5-10(9)16-11/h4-5,8H,2-3,14H2,1H3,(H,15,16). The third-order valence-corrected chi connectivity index (χ3v) is 4.28. The lowest BCUT2D eigenvalue weighted by Gasteiger charge is -2.06. The average Bonchev–Trinajstić information content (AvgIpc) is 2.68. The molecule has 0 radical (unpaired) electrons. The Bertz CT molecular complexity index is 675. The Morgan fingerprint density at radius 3 is 2.84 bits per heavy atom. The van der Waals surface area contributed by atoms with E-state index in [0.717, 1.165) is 6.26 Å². The molecule has 1 heterocycles. The van der Waals surface area contributed by atoms with E-state index in [2.05, 4.69) is 25.9 Å². The van der Waals surface area contributed by atoms with Gasteiger partial charge in [-0.05, 0) is 28.4 Å². The minimum absolute atomic E-state index is 0.0106. The van der Waals surface area contributed by atoms with Crippen molar-refractivity contribution >= 4 is 36.8 Å². The molecule has 3 N–H and O–H groups in total.